The average molecular weight is 343 g/mol. The Morgan fingerprint density at radius 2 is 1.92 bits per heavy atom. The summed E-state index contributed by atoms with van der Waals surface area (Å²) in [6, 6.07) is 15.7. The number of piperidine rings is 1. The van der Waals surface area contributed by atoms with E-state index in [1.165, 1.54) is 0 Å². The number of fused-ring (bicyclic) bond motifs is 1. The largest absolute Gasteiger partial charge is 0.420 e. The third-order valence-electron chi connectivity index (χ3n) is 4.72. The molecular weight excluding hydrogens is 324 g/mol. The minimum Gasteiger partial charge on any atom is -0.408 e. The van der Waals surface area contributed by atoms with E-state index in [4.69, 9.17) is 16.0 Å². The number of benzene rings is 2. The van der Waals surface area contributed by atoms with Crippen LogP contribution in [0.2, 0.25) is 5.02 Å². The lowest BCUT2D eigenvalue weighted by molar-refractivity contribution is 0.168. The summed E-state index contributed by atoms with van der Waals surface area (Å²) in [6.07, 6.45) is 2.05. The Labute approximate surface area is 145 Å². The number of rotatable bonds is 3. The Hall–Kier alpha value is -2.04. The van der Waals surface area contributed by atoms with E-state index in [9.17, 15) is 4.79 Å². The van der Waals surface area contributed by atoms with Crippen molar-refractivity contribution in [2.45, 2.75) is 25.4 Å². The highest BCUT2D eigenvalue weighted by atomic mass is 35.5. The van der Waals surface area contributed by atoms with Crippen LogP contribution in [0.4, 0.5) is 0 Å². The predicted octanol–water partition coefficient (Wildman–Crippen LogP) is 4.09. The monoisotopic (exact) mass is 342 g/mol. The summed E-state index contributed by atoms with van der Waals surface area (Å²) >= 11 is 6.29. The molecule has 1 atom stereocenters. The first-order valence-electron chi connectivity index (χ1n) is 8.28. The van der Waals surface area contributed by atoms with Crippen LogP contribution in [0.5, 0.6) is 0 Å². The number of nitrogens with zero attached hydrogens (tertiary/aromatic N) is 2. The molecule has 24 heavy (non-hydrogen) atoms. The van der Waals surface area contributed by atoms with Crippen LogP contribution >= 0.6 is 11.6 Å². The van der Waals surface area contributed by atoms with Gasteiger partial charge in [-0.25, -0.2) is 4.79 Å². The van der Waals surface area contributed by atoms with E-state index >= 15 is 0 Å². The maximum absolute atomic E-state index is 12.3. The van der Waals surface area contributed by atoms with Gasteiger partial charge in [-0.05, 0) is 43.1 Å². The molecule has 0 aliphatic carbocycles. The van der Waals surface area contributed by atoms with E-state index in [1.807, 2.05) is 47.0 Å². The maximum atomic E-state index is 12.3. The van der Waals surface area contributed by atoms with Crippen LogP contribution in [-0.2, 0) is 6.54 Å². The standard InChI is InChI=1S/C19H19ClN2O2/c20-16-8-2-1-6-14(16)12-21-11-5-7-15(13-21)22-17-9-3-4-10-18(17)24-19(22)23/h1-4,6,8-10,15H,5,7,11-13H2/t15-/m1/s1. The molecule has 1 aliphatic rings. The maximum Gasteiger partial charge on any atom is 0.420 e. The van der Waals surface area contributed by atoms with Crippen molar-refractivity contribution in [2.24, 2.45) is 0 Å². The van der Waals surface area contributed by atoms with Crippen LogP contribution in [0.15, 0.2) is 57.7 Å². The molecule has 1 aliphatic heterocycles. The Morgan fingerprint density at radius 3 is 2.79 bits per heavy atom. The van der Waals surface area contributed by atoms with E-state index in [2.05, 4.69) is 11.0 Å². The summed E-state index contributed by atoms with van der Waals surface area (Å²) in [5, 5.41) is 0.797. The van der Waals surface area contributed by atoms with Gasteiger partial charge in [-0.15, -0.1) is 0 Å². The van der Waals surface area contributed by atoms with Crippen molar-refractivity contribution in [1.82, 2.24) is 9.47 Å². The van der Waals surface area contributed by atoms with Crippen LogP contribution in [0.1, 0.15) is 24.4 Å². The summed E-state index contributed by atoms with van der Waals surface area (Å²) < 4.78 is 7.21. The zero-order valence-electron chi connectivity index (χ0n) is 13.3. The molecule has 0 spiro atoms. The van der Waals surface area contributed by atoms with E-state index in [-0.39, 0.29) is 11.8 Å². The molecular formula is C19H19ClN2O2. The fourth-order valence-electron chi connectivity index (χ4n) is 3.58. The van der Waals surface area contributed by atoms with Crippen molar-refractivity contribution in [3.8, 4) is 0 Å². The van der Waals surface area contributed by atoms with E-state index in [0.29, 0.717) is 5.58 Å². The third-order valence-corrected chi connectivity index (χ3v) is 5.09. The van der Waals surface area contributed by atoms with Crippen LogP contribution in [0.3, 0.4) is 0 Å². The Balaban J connectivity index is 1.60. The van der Waals surface area contributed by atoms with Crippen molar-refractivity contribution in [3.63, 3.8) is 0 Å². The zero-order valence-corrected chi connectivity index (χ0v) is 14.1. The summed E-state index contributed by atoms with van der Waals surface area (Å²) in [5.41, 5.74) is 2.67. The molecule has 0 radical (unpaired) electrons. The molecule has 4 rings (SSSR count). The fourth-order valence-corrected chi connectivity index (χ4v) is 3.78. The first-order chi connectivity index (χ1) is 11.7. The molecule has 1 aromatic heterocycles. The van der Waals surface area contributed by atoms with Crippen molar-refractivity contribution >= 4 is 22.7 Å². The Kier molecular flexibility index (Phi) is 4.17. The van der Waals surface area contributed by atoms with Gasteiger partial charge in [0.15, 0.2) is 5.58 Å². The molecule has 2 aromatic carbocycles. The van der Waals surface area contributed by atoms with E-state index < -0.39 is 0 Å². The minimum absolute atomic E-state index is 0.136. The molecule has 0 bridgehead atoms. The molecule has 0 amide bonds. The lowest BCUT2D eigenvalue weighted by Crippen LogP contribution is -2.38. The highest BCUT2D eigenvalue weighted by molar-refractivity contribution is 6.31. The first kappa shape index (κ1) is 15.5. The molecule has 1 fully saturated rings. The lowest BCUT2D eigenvalue weighted by atomic mass is 10.0. The summed E-state index contributed by atoms with van der Waals surface area (Å²) in [5.74, 6) is -0.263. The SMILES string of the molecule is O=c1oc2ccccc2n1[C@@H]1CCCN(Cc2ccccc2Cl)C1. The Bertz CT molecular complexity index is 915. The van der Waals surface area contributed by atoms with Crippen LogP contribution in [0, 0.1) is 0 Å². The smallest absolute Gasteiger partial charge is 0.408 e. The predicted molar refractivity (Wildman–Crippen MR) is 95.5 cm³/mol. The highest BCUT2D eigenvalue weighted by Gasteiger charge is 2.25. The second-order valence-corrected chi connectivity index (χ2v) is 6.74. The number of halogens is 1. The second-order valence-electron chi connectivity index (χ2n) is 6.33. The molecule has 124 valence electrons. The van der Waals surface area contributed by atoms with Gasteiger partial charge in [0.2, 0.25) is 0 Å². The van der Waals surface area contributed by atoms with Gasteiger partial charge in [0, 0.05) is 18.1 Å². The van der Waals surface area contributed by atoms with Crippen molar-refractivity contribution in [3.05, 3.63) is 69.7 Å². The molecule has 2 heterocycles. The van der Waals surface area contributed by atoms with E-state index in [1.54, 1.807) is 0 Å². The van der Waals surface area contributed by atoms with Crippen molar-refractivity contribution in [1.29, 1.82) is 0 Å². The van der Waals surface area contributed by atoms with Crippen LogP contribution in [-0.4, -0.2) is 22.6 Å². The molecule has 0 unspecified atom stereocenters. The molecule has 3 aromatic rings. The third kappa shape index (κ3) is 2.87. The number of oxazole rings is 1. The quantitative estimate of drug-likeness (QED) is 0.719. The molecule has 1 saturated heterocycles. The fraction of sp³-hybridized carbons (Fsp3) is 0.316. The van der Waals surface area contributed by atoms with Gasteiger partial charge >= 0.3 is 5.76 Å². The number of para-hydroxylation sites is 2. The lowest BCUT2D eigenvalue weighted by Gasteiger charge is -2.33. The Morgan fingerprint density at radius 1 is 1.12 bits per heavy atom. The molecule has 0 saturated carbocycles. The van der Waals surface area contributed by atoms with Gasteiger partial charge in [0.05, 0.1) is 11.6 Å². The summed E-state index contributed by atoms with van der Waals surface area (Å²) in [4.78, 5) is 14.7. The van der Waals surface area contributed by atoms with E-state index in [0.717, 1.165) is 48.6 Å². The second kappa shape index (κ2) is 6.46. The summed E-state index contributed by atoms with van der Waals surface area (Å²) in [6.45, 7) is 2.65. The number of hydrogen-bond donors (Lipinski definition) is 0. The minimum atomic E-state index is -0.263. The zero-order chi connectivity index (χ0) is 16.5. The first-order valence-corrected chi connectivity index (χ1v) is 8.66. The van der Waals surface area contributed by atoms with Gasteiger partial charge in [0.25, 0.3) is 0 Å². The average Bonchev–Trinajstić information content (AvgIpc) is 2.93. The van der Waals surface area contributed by atoms with Gasteiger partial charge in [0.1, 0.15) is 0 Å². The number of likely N-dealkylation sites (tertiary alicyclic amines) is 1. The van der Waals surface area contributed by atoms with Crippen molar-refractivity contribution < 1.29 is 4.42 Å². The number of aromatic nitrogens is 1. The number of hydrogen-bond acceptors (Lipinski definition) is 3. The van der Waals surface area contributed by atoms with Crippen LogP contribution < -0.4 is 5.76 Å². The molecule has 5 heteroatoms. The summed E-state index contributed by atoms with van der Waals surface area (Å²) in [7, 11) is 0. The van der Waals surface area contributed by atoms with Crippen molar-refractivity contribution in [2.75, 3.05) is 13.1 Å². The van der Waals surface area contributed by atoms with Crippen LogP contribution in [0.25, 0.3) is 11.1 Å². The topological polar surface area (TPSA) is 38.4 Å². The van der Waals surface area contributed by atoms with Gasteiger partial charge in [-0.1, -0.05) is 41.9 Å². The molecule has 0 N–H and O–H groups in total. The van der Waals surface area contributed by atoms with Gasteiger partial charge < -0.3 is 4.42 Å². The van der Waals surface area contributed by atoms with Gasteiger partial charge in [-0.2, -0.15) is 0 Å². The molecule has 4 nitrogen and oxygen atoms in total. The highest BCUT2D eigenvalue weighted by Crippen LogP contribution is 2.26. The normalized spacial score (nSPS) is 19.0. The van der Waals surface area contributed by atoms with Gasteiger partial charge in [-0.3, -0.25) is 9.47 Å².